The molecule has 1 N–H and O–H groups in total. The van der Waals surface area contributed by atoms with Gasteiger partial charge in [-0.2, -0.15) is 0 Å². The number of halogens is 2. The van der Waals surface area contributed by atoms with Crippen LogP contribution in [0, 0.1) is 18.6 Å². The summed E-state index contributed by atoms with van der Waals surface area (Å²) in [5.41, 5.74) is 2.37. The molecule has 0 fully saturated rings. The third kappa shape index (κ3) is 4.30. The second-order valence-corrected chi connectivity index (χ2v) is 6.88. The summed E-state index contributed by atoms with van der Waals surface area (Å²) in [6.45, 7) is 2.02. The van der Waals surface area contributed by atoms with Gasteiger partial charge in [-0.25, -0.2) is 13.8 Å². The minimum absolute atomic E-state index is 0.122. The highest BCUT2D eigenvalue weighted by Crippen LogP contribution is 2.20. The van der Waals surface area contributed by atoms with Gasteiger partial charge in [-0.15, -0.1) is 0 Å². The SMILES string of the molecule is Cc1ccc(OCc2nc3ccccc3n2CC(=O)Nc2cc(F)ccc2F)cc1. The third-order valence-corrected chi connectivity index (χ3v) is 4.63. The molecule has 4 rings (SSSR count). The van der Waals surface area contributed by atoms with Crippen molar-refractivity contribution in [2.45, 2.75) is 20.1 Å². The average Bonchev–Trinajstić information content (AvgIpc) is 3.08. The van der Waals surface area contributed by atoms with E-state index in [1.54, 1.807) is 4.57 Å². The van der Waals surface area contributed by atoms with Crippen molar-refractivity contribution in [3.63, 3.8) is 0 Å². The van der Waals surface area contributed by atoms with E-state index in [0.29, 0.717) is 17.1 Å². The molecule has 0 saturated heterocycles. The molecule has 5 nitrogen and oxygen atoms in total. The fraction of sp³-hybridized carbons (Fsp3) is 0.130. The van der Waals surface area contributed by atoms with Gasteiger partial charge < -0.3 is 14.6 Å². The number of aryl methyl sites for hydroxylation is 1. The van der Waals surface area contributed by atoms with Crippen LogP contribution >= 0.6 is 0 Å². The van der Waals surface area contributed by atoms with E-state index >= 15 is 0 Å². The van der Waals surface area contributed by atoms with Crippen molar-refractivity contribution < 1.29 is 18.3 Å². The molecule has 3 aromatic carbocycles. The molecular weight excluding hydrogens is 388 g/mol. The summed E-state index contributed by atoms with van der Waals surface area (Å²) in [5, 5.41) is 2.42. The number of aromatic nitrogens is 2. The highest BCUT2D eigenvalue weighted by atomic mass is 19.1. The van der Waals surface area contributed by atoms with Crippen molar-refractivity contribution in [1.29, 1.82) is 0 Å². The van der Waals surface area contributed by atoms with E-state index in [0.717, 1.165) is 29.3 Å². The normalized spacial score (nSPS) is 10.9. The zero-order valence-corrected chi connectivity index (χ0v) is 16.2. The van der Waals surface area contributed by atoms with Crippen LogP contribution in [0.1, 0.15) is 11.4 Å². The molecule has 7 heteroatoms. The summed E-state index contributed by atoms with van der Waals surface area (Å²) in [6, 6.07) is 17.9. The molecule has 0 aliphatic carbocycles. The molecule has 0 atom stereocenters. The average molecular weight is 407 g/mol. The Morgan fingerprint density at radius 3 is 2.63 bits per heavy atom. The molecule has 0 saturated carbocycles. The Hall–Kier alpha value is -3.74. The summed E-state index contributed by atoms with van der Waals surface area (Å²) >= 11 is 0. The molecule has 0 bridgehead atoms. The zero-order chi connectivity index (χ0) is 21.1. The number of nitrogens with zero attached hydrogens (tertiary/aromatic N) is 2. The highest BCUT2D eigenvalue weighted by molar-refractivity contribution is 5.91. The molecule has 0 unspecified atom stereocenters. The number of imidazole rings is 1. The number of carbonyl (C=O) groups is 1. The molecule has 1 aromatic heterocycles. The van der Waals surface area contributed by atoms with Gasteiger partial charge in [0.2, 0.25) is 5.91 Å². The number of hydrogen-bond donors (Lipinski definition) is 1. The Kier molecular flexibility index (Phi) is 5.43. The molecule has 0 spiro atoms. The monoisotopic (exact) mass is 407 g/mol. The number of rotatable bonds is 6. The first-order valence-electron chi connectivity index (χ1n) is 9.38. The number of amides is 1. The zero-order valence-electron chi connectivity index (χ0n) is 16.2. The maximum atomic E-state index is 13.9. The Morgan fingerprint density at radius 2 is 1.83 bits per heavy atom. The van der Waals surface area contributed by atoms with Gasteiger partial charge in [-0.1, -0.05) is 29.8 Å². The van der Waals surface area contributed by atoms with Gasteiger partial charge in [0.15, 0.2) is 0 Å². The lowest BCUT2D eigenvalue weighted by molar-refractivity contribution is -0.116. The summed E-state index contributed by atoms with van der Waals surface area (Å²) in [5.74, 6) is -0.605. The van der Waals surface area contributed by atoms with Crippen LogP contribution < -0.4 is 10.1 Å². The maximum Gasteiger partial charge on any atom is 0.244 e. The van der Waals surface area contributed by atoms with Gasteiger partial charge in [0.1, 0.15) is 36.4 Å². The summed E-state index contributed by atoms with van der Waals surface area (Å²) in [4.78, 5) is 17.1. The van der Waals surface area contributed by atoms with Crippen molar-refractivity contribution in [1.82, 2.24) is 9.55 Å². The van der Waals surface area contributed by atoms with Gasteiger partial charge in [-0.3, -0.25) is 4.79 Å². The van der Waals surface area contributed by atoms with E-state index in [4.69, 9.17) is 4.74 Å². The number of anilines is 1. The quantitative estimate of drug-likeness (QED) is 0.498. The number of para-hydroxylation sites is 2. The fourth-order valence-corrected chi connectivity index (χ4v) is 3.12. The molecular formula is C23H19F2N3O2. The number of nitrogens with one attached hydrogen (secondary N) is 1. The Balaban J connectivity index is 1.57. The van der Waals surface area contributed by atoms with Crippen LogP contribution in [0.4, 0.5) is 14.5 Å². The van der Waals surface area contributed by atoms with Crippen LogP contribution in [-0.4, -0.2) is 15.5 Å². The van der Waals surface area contributed by atoms with Crippen LogP contribution in [-0.2, 0) is 17.9 Å². The highest BCUT2D eigenvalue weighted by Gasteiger charge is 2.15. The topological polar surface area (TPSA) is 56.2 Å². The summed E-state index contributed by atoms with van der Waals surface area (Å²) in [6.07, 6.45) is 0. The minimum Gasteiger partial charge on any atom is -0.486 e. The lowest BCUT2D eigenvalue weighted by Gasteiger charge is -2.12. The summed E-state index contributed by atoms with van der Waals surface area (Å²) in [7, 11) is 0. The van der Waals surface area contributed by atoms with Crippen molar-refractivity contribution in [3.8, 4) is 5.75 Å². The van der Waals surface area contributed by atoms with Gasteiger partial charge in [-0.05, 0) is 43.3 Å². The number of carbonyl (C=O) groups excluding carboxylic acids is 1. The maximum absolute atomic E-state index is 13.9. The van der Waals surface area contributed by atoms with E-state index in [1.165, 1.54) is 0 Å². The molecule has 30 heavy (non-hydrogen) atoms. The Bertz CT molecular complexity index is 1200. The van der Waals surface area contributed by atoms with E-state index in [9.17, 15) is 13.6 Å². The first kappa shape index (κ1) is 19.6. The molecule has 4 aromatic rings. The number of fused-ring (bicyclic) bond motifs is 1. The lowest BCUT2D eigenvalue weighted by Crippen LogP contribution is -2.21. The minimum atomic E-state index is -0.705. The van der Waals surface area contributed by atoms with Crippen LogP contribution in [0.15, 0.2) is 66.7 Å². The van der Waals surface area contributed by atoms with Crippen molar-refractivity contribution >= 4 is 22.6 Å². The van der Waals surface area contributed by atoms with Crippen LogP contribution in [0.3, 0.4) is 0 Å². The third-order valence-electron chi connectivity index (χ3n) is 4.63. The van der Waals surface area contributed by atoms with E-state index in [1.807, 2.05) is 55.5 Å². The first-order valence-corrected chi connectivity index (χ1v) is 9.38. The van der Waals surface area contributed by atoms with Gasteiger partial charge in [0.25, 0.3) is 0 Å². The number of ether oxygens (including phenoxy) is 1. The number of hydrogen-bond acceptors (Lipinski definition) is 3. The van der Waals surface area contributed by atoms with Gasteiger partial charge in [0.05, 0.1) is 16.7 Å². The van der Waals surface area contributed by atoms with Crippen LogP contribution in [0.2, 0.25) is 0 Å². The largest absolute Gasteiger partial charge is 0.486 e. The van der Waals surface area contributed by atoms with Crippen molar-refractivity contribution in [2.24, 2.45) is 0 Å². The molecule has 1 heterocycles. The number of benzene rings is 3. The summed E-state index contributed by atoms with van der Waals surface area (Å²) < 4.78 is 34.8. The molecule has 0 aliphatic heterocycles. The lowest BCUT2D eigenvalue weighted by atomic mass is 10.2. The molecule has 0 radical (unpaired) electrons. The van der Waals surface area contributed by atoms with Gasteiger partial charge in [0, 0.05) is 6.07 Å². The molecule has 0 aliphatic rings. The van der Waals surface area contributed by atoms with Crippen LogP contribution in [0.25, 0.3) is 11.0 Å². The predicted molar refractivity (Wildman–Crippen MR) is 110 cm³/mol. The predicted octanol–water partition coefficient (Wildman–Crippen LogP) is 4.84. The van der Waals surface area contributed by atoms with E-state index in [2.05, 4.69) is 10.3 Å². The molecule has 1 amide bonds. The van der Waals surface area contributed by atoms with Crippen molar-refractivity contribution in [3.05, 3.63) is 89.8 Å². The smallest absolute Gasteiger partial charge is 0.244 e. The standard InChI is InChI=1S/C23H19F2N3O2/c1-15-6-9-17(10-7-15)30-14-22-26-19-4-2-3-5-21(19)28(22)13-23(29)27-20-12-16(24)8-11-18(20)25/h2-12H,13-14H2,1H3,(H,27,29). The van der Waals surface area contributed by atoms with E-state index < -0.39 is 17.5 Å². The second kappa shape index (κ2) is 8.32. The first-order chi connectivity index (χ1) is 14.5. The van der Waals surface area contributed by atoms with E-state index in [-0.39, 0.29) is 18.8 Å². The van der Waals surface area contributed by atoms with Crippen LogP contribution in [0.5, 0.6) is 5.75 Å². The van der Waals surface area contributed by atoms with Crippen molar-refractivity contribution in [2.75, 3.05) is 5.32 Å². The van der Waals surface area contributed by atoms with Gasteiger partial charge >= 0.3 is 0 Å². The Morgan fingerprint density at radius 1 is 1.07 bits per heavy atom. The fourth-order valence-electron chi connectivity index (χ4n) is 3.12. The Labute approximate surface area is 171 Å². The second-order valence-electron chi connectivity index (χ2n) is 6.88. The molecule has 152 valence electrons.